The predicted octanol–water partition coefficient (Wildman–Crippen LogP) is 2.41. The van der Waals surface area contributed by atoms with E-state index in [1.807, 2.05) is 31.2 Å². The van der Waals surface area contributed by atoms with Crippen molar-refractivity contribution in [1.29, 1.82) is 0 Å². The molecule has 3 atom stereocenters. The molecule has 0 radical (unpaired) electrons. The summed E-state index contributed by atoms with van der Waals surface area (Å²) in [5, 5.41) is -0.577. The maximum Gasteiger partial charge on any atom is 0.163 e. The number of hydrogen-bond donors (Lipinski definition) is 1. The zero-order valence-corrected chi connectivity index (χ0v) is 11.6. The van der Waals surface area contributed by atoms with Gasteiger partial charge >= 0.3 is 0 Å². The molecule has 1 aliphatic heterocycles. The summed E-state index contributed by atoms with van der Waals surface area (Å²) in [6, 6.07) is 7.58. The minimum absolute atomic E-state index is 0.331. The Kier molecular flexibility index (Phi) is 3.87. The normalized spacial score (nSPS) is 25.9. The maximum absolute atomic E-state index is 11.6. The Labute approximate surface area is 110 Å². The molecule has 1 fully saturated rings. The second-order valence-electron chi connectivity index (χ2n) is 4.97. The first-order valence-electron chi connectivity index (χ1n) is 5.87. The fourth-order valence-corrected chi connectivity index (χ4v) is 2.87. The molecule has 1 heterocycles. The van der Waals surface area contributed by atoms with Crippen molar-refractivity contribution >= 4 is 11.1 Å². The van der Waals surface area contributed by atoms with E-state index in [9.17, 15) is 8.76 Å². The molecule has 5 heteroatoms. The molecule has 0 aromatic heterocycles. The third kappa shape index (κ3) is 2.98. The first-order valence-corrected chi connectivity index (χ1v) is 7.04. The molecule has 0 spiro atoms. The summed E-state index contributed by atoms with van der Waals surface area (Å²) < 4.78 is 32.2. The van der Waals surface area contributed by atoms with Crippen molar-refractivity contribution in [3.05, 3.63) is 35.4 Å². The van der Waals surface area contributed by atoms with Gasteiger partial charge in [-0.3, -0.25) is 0 Å². The van der Waals surface area contributed by atoms with Gasteiger partial charge in [0, 0.05) is 0 Å². The van der Waals surface area contributed by atoms with Crippen molar-refractivity contribution in [3.8, 4) is 0 Å². The molecular formula is C13H18O4S. The third-order valence-electron chi connectivity index (χ3n) is 2.99. The Morgan fingerprint density at radius 3 is 2.44 bits per heavy atom. The monoisotopic (exact) mass is 270 g/mol. The van der Waals surface area contributed by atoms with Crippen molar-refractivity contribution in [1.82, 2.24) is 0 Å². The van der Waals surface area contributed by atoms with Crippen LogP contribution in [0.15, 0.2) is 24.3 Å². The summed E-state index contributed by atoms with van der Waals surface area (Å²) in [6.07, 6.45) is -0.395. The summed E-state index contributed by atoms with van der Waals surface area (Å²) in [4.78, 5) is 0. The third-order valence-corrected chi connectivity index (χ3v) is 4.00. The van der Waals surface area contributed by atoms with E-state index in [1.54, 1.807) is 13.8 Å². The molecule has 4 nitrogen and oxygen atoms in total. The van der Waals surface area contributed by atoms with E-state index in [1.165, 1.54) is 0 Å². The van der Waals surface area contributed by atoms with Gasteiger partial charge < -0.3 is 14.0 Å². The van der Waals surface area contributed by atoms with Gasteiger partial charge in [0.1, 0.15) is 11.4 Å². The van der Waals surface area contributed by atoms with E-state index in [0.29, 0.717) is 6.61 Å². The number of benzene rings is 1. The van der Waals surface area contributed by atoms with Crippen LogP contribution in [0.2, 0.25) is 0 Å². The topological polar surface area (TPSA) is 55.8 Å². The smallest absolute Gasteiger partial charge is 0.163 e. The van der Waals surface area contributed by atoms with E-state index >= 15 is 0 Å². The van der Waals surface area contributed by atoms with Crippen molar-refractivity contribution in [2.45, 2.75) is 37.9 Å². The summed E-state index contributed by atoms with van der Waals surface area (Å²) in [5.41, 5.74) is 1.91. The van der Waals surface area contributed by atoms with Gasteiger partial charge in [0.25, 0.3) is 0 Å². The second-order valence-corrected chi connectivity index (χ2v) is 6.03. The lowest BCUT2D eigenvalue weighted by atomic mass is 10.1. The van der Waals surface area contributed by atoms with Crippen molar-refractivity contribution in [3.63, 3.8) is 0 Å². The minimum Gasteiger partial charge on any atom is -0.348 e. The van der Waals surface area contributed by atoms with Crippen LogP contribution in [0.3, 0.4) is 0 Å². The molecule has 1 N–H and O–H groups in total. The van der Waals surface area contributed by atoms with Crippen molar-refractivity contribution in [2.24, 2.45) is 0 Å². The molecule has 3 unspecified atom stereocenters. The molecule has 0 bridgehead atoms. The Morgan fingerprint density at radius 2 is 2.00 bits per heavy atom. The van der Waals surface area contributed by atoms with Gasteiger partial charge in [0.2, 0.25) is 0 Å². The van der Waals surface area contributed by atoms with Crippen LogP contribution in [0.4, 0.5) is 0 Å². The van der Waals surface area contributed by atoms with Crippen LogP contribution in [-0.2, 0) is 20.6 Å². The van der Waals surface area contributed by atoms with Crippen LogP contribution in [0.1, 0.15) is 30.2 Å². The number of hydrogen-bond acceptors (Lipinski definition) is 3. The average Bonchev–Trinajstić information content (AvgIpc) is 2.61. The fraction of sp³-hybridized carbons (Fsp3) is 0.538. The van der Waals surface area contributed by atoms with Gasteiger partial charge in [0.15, 0.2) is 16.9 Å². The lowest BCUT2D eigenvalue weighted by Crippen LogP contribution is -2.27. The predicted molar refractivity (Wildman–Crippen MR) is 69.6 cm³/mol. The summed E-state index contributed by atoms with van der Waals surface area (Å²) >= 11 is -1.99. The first-order chi connectivity index (χ1) is 8.39. The molecule has 2 rings (SSSR count). The molecule has 0 amide bonds. The summed E-state index contributed by atoms with van der Waals surface area (Å²) in [7, 11) is 0. The van der Waals surface area contributed by atoms with Crippen LogP contribution in [-0.4, -0.2) is 27.3 Å². The number of aryl methyl sites for hydroxylation is 1. The average molecular weight is 270 g/mol. The van der Waals surface area contributed by atoms with Crippen LogP contribution in [0.5, 0.6) is 0 Å². The zero-order valence-electron chi connectivity index (χ0n) is 10.8. The highest BCUT2D eigenvalue weighted by atomic mass is 32.2. The summed E-state index contributed by atoms with van der Waals surface area (Å²) in [5.74, 6) is -0.688. The van der Waals surface area contributed by atoms with E-state index in [2.05, 4.69) is 0 Å². The molecule has 18 heavy (non-hydrogen) atoms. The van der Waals surface area contributed by atoms with Gasteiger partial charge in [-0.2, -0.15) is 0 Å². The highest BCUT2D eigenvalue weighted by Gasteiger charge is 2.40. The largest absolute Gasteiger partial charge is 0.348 e. The molecule has 1 aliphatic rings. The van der Waals surface area contributed by atoms with Crippen LogP contribution >= 0.6 is 0 Å². The number of ether oxygens (including phenoxy) is 2. The Bertz CT molecular complexity index is 441. The van der Waals surface area contributed by atoms with E-state index in [0.717, 1.165) is 11.1 Å². The molecule has 1 saturated heterocycles. The van der Waals surface area contributed by atoms with Gasteiger partial charge in [-0.05, 0) is 26.3 Å². The van der Waals surface area contributed by atoms with Crippen LogP contribution < -0.4 is 0 Å². The van der Waals surface area contributed by atoms with E-state index in [4.69, 9.17) is 9.47 Å². The minimum atomic E-state index is -1.99. The van der Waals surface area contributed by atoms with Gasteiger partial charge in [0.05, 0.1) is 6.61 Å². The molecule has 0 saturated carbocycles. The molecule has 0 aliphatic carbocycles. The lowest BCUT2D eigenvalue weighted by molar-refractivity contribution is -0.138. The molecular weight excluding hydrogens is 252 g/mol. The quantitative estimate of drug-likeness (QED) is 0.857. The molecule has 1 aromatic rings. The van der Waals surface area contributed by atoms with E-state index in [-0.39, 0.29) is 0 Å². The van der Waals surface area contributed by atoms with Gasteiger partial charge in [-0.1, -0.05) is 29.8 Å². The second kappa shape index (κ2) is 5.09. The van der Waals surface area contributed by atoms with E-state index < -0.39 is 28.2 Å². The molecule has 1 aromatic carbocycles. The number of rotatable bonds is 3. The first kappa shape index (κ1) is 13.7. The SMILES string of the molecule is Cc1ccc(C(C2COC(C)(C)O2)S(=O)O)cc1. The van der Waals surface area contributed by atoms with Crippen LogP contribution in [0, 0.1) is 6.92 Å². The highest BCUT2D eigenvalue weighted by Crippen LogP contribution is 2.33. The maximum atomic E-state index is 11.6. The Balaban J connectivity index is 2.24. The fourth-order valence-electron chi connectivity index (χ4n) is 2.08. The standard InChI is InChI=1S/C13H18O4S/c1-9-4-6-10(7-5-9)12(18(14)15)11-8-16-13(2,3)17-11/h4-7,11-12H,8H2,1-3H3,(H,14,15). The highest BCUT2D eigenvalue weighted by molar-refractivity contribution is 7.79. The lowest BCUT2D eigenvalue weighted by Gasteiger charge is -2.22. The Hall–Kier alpha value is -0.750. The summed E-state index contributed by atoms with van der Waals surface area (Å²) in [6.45, 7) is 5.92. The zero-order chi connectivity index (χ0) is 13.3. The van der Waals surface area contributed by atoms with Crippen molar-refractivity contribution < 1.29 is 18.2 Å². The molecule has 100 valence electrons. The Morgan fingerprint density at radius 1 is 1.39 bits per heavy atom. The van der Waals surface area contributed by atoms with Gasteiger partial charge in [-0.25, -0.2) is 4.21 Å². The van der Waals surface area contributed by atoms with Gasteiger partial charge in [-0.15, -0.1) is 0 Å². The van der Waals surface area contributed by atoms with Crippen molar-refractivity contribution in [2.75, 3.05) is 6.61 Å². The van der Waals surface area contributed by atoms with Crippen LogP contribution in [0.25, 0.3) is 0 Å².